The van der Waals surface area contributed by atoms with Crippen LogP contribution in [-0.2, 0) is 14.3 Å². The molecule has 174 valence electrons. The van der Waals surface area contributed by atoms with Gasteiger partial charge in [0.2, 0.25) is 0 Å². The molecule has 0 aromatic heterocycles. The van der Waals surface area contributed by atoms with Crippen molar-refractivity contribution < 1.29 is 19.1 Å². The van der Waals surface area contributed by atoms with Crippen LogP contribution >= 0.6 is 0 Å². The standard InChI is InChI=1S/C26H36N2O4/c1-15-10-8-9-11-16(15)17(14-27-23(30)32-24(2,3)4)19-22(29)31-21-20(28-19)18-12-13-26(21,7)25(18,5)6/h8-11,17-19,21H,12-14H2,1-7H3,(H,27,30)/t17-,18+,19+,21+,26-/m0/s1. The zero-order valence-corrected chi connectivity index (χ0v) is 20.3. The zero-order valence-electron chi connectivity index (χ0n) is 20.3. The van der Waals surface area contributed by atoms with Gasteiger partial charge in [0.25, 0.3) is 0 Å². The molecule has 3 aliphatic rings. The Kier molecular flexibility index (Phi) is 5.42. The molecule has 1 aromatic carbocycles. The first kappa shape index (κ1) is 22.8. The maximum absolute atomic E-state index is 13.3. The molecular weight excluding hydrogens is 404 g/mol. The Hall–Kier alpha value is -2.37. The largest absolute Gasteiger partial charge is 0.454 e. The minimum atomic E-state index is -0.684. The Morgan fingerprint density at radius 1 is 1.28 bits per heavy atom. The van der Waals surface area contributed by atoms with Gasteiger partial charge in [0.1, 0.15) is 11.7 Å². The van der Waals surface area contributed by atoms with Crippen molar-refractivity contribution in [3.63, 3.8) is 0 Å². The molecule has 0 radical (unpaired) electrons. The first-order valence-electron chi connectivity index (χ1n) is 11.7. The predicted molar refractivity (Wildman–Crippen MR) is 124 cm³/mol. The third-order valence-electron chi connectivity index (χ3n) is 8.10. The highest BCUT2D eigenvalue weighted by atomic mass is 16.6. The number of alkyl carbamates (subject to hydrolysis) is 1. The summed E-state index contributed by atoms with van der Waals surface area (Å²) in [6, 6.07) is 7.26. The van der Waals surface area contributed by atoms with E-state index in [1.165, 1.54) is 0 Å². The van der Waals surface area contributed by atoms with E-state index in [9.17, 15) is 9.59 Å². The van der Waals surface area contributed by atoms with Crippen LogP contribution in [0.1, 0.15) is 71.4 Å². The topological polar surface area (TPSA) is 77.0 Å². The van der Waals surface area contributed by atoms with Crippen molar-refractivity contribution in [1.82, 2.24) is 5.32 Å². The number of carbonyl (C=O) groups is 2. The number of ether oxygens (including phenoxy) is 2. The first-order valence-corrected chi connectivity index (χ1v) is 11.7. The number of rotatable bonds is 4. The molecule has 2 bridgehead atoms. The molecule has 1 aromatic rings. The molecular formula is C26H36N2O4. The van der Waals surface area contributed by atoms with Crippen LogP contribution in [0.2, 0.25) is 0 Å². The summed E-state index contributed by atoms with van der Waals surface area (Å²) >= 11 is 0. The van der Waals surface area contributed by atoms with Gasteiger partial charge in [0.05, 0.1) is 5.71 Å². The lowest BCUT2D eigenvalue weighted by Crippen LogP contribution is -2.49. The monoisotopic (exact) mass is 440 g/mol. The van der Waals surface area contributed by atoms with E-state index < -0.39 is 17.7 Å². The van der Waals surface area contributed by atoms with Gasteiger partial charge in [-0.05, 0) is 57.1 Å². The molecule has 2 saturated carbocycles. The second-order valence-corrected chi connectivity index (χ2v) is 11.4. The van der Waals surface area contributed by atoms with Crippen LogP contribution in [0.25, 0.3) is 0 Å². The number of nitrogens with zero attached hydrogens (tertiary/aromatic N) is 1. The molecule has 5 atom stereocenters. The second-order valence-electron chi connectivity index (χ2n) is 11.4. The van der Waals surface area contributed by atoms with Crippen LogP contribution in [0.15, 0.2) is 29.3 Å². The average Bonchev–Trinajstić information content (AvgIpc) is 3.00. The Morgan fingerprint density at radius 3 is 2.62 bits per heavy atom. The van der Waals surface area contributed by atoms with Crippen molar-refractivity contribution in [2.24, 2.45) is 21.7 Å². The number of esters is 1. The van der Waals surface area contributed by atoms with Crippen LogP contribution in [0.4, 0.5) is 4.79 Å². The number of hydrogen-bond donors (Lipinski definition) is 1. The van der Waals surface area contributed by atoms with E-state index in [4.69, 9.17) is 14.5 Å². The number of nitrogens with one attached hydrogen (secondary N) is 1. The highest BCUT2D eigenvalue weighted by Gasteiger charge is 2.68. The van der Waals surface area contributed by atoms with Crippen LogP contribution in [0.5, 0.6) is 0 Å². The van der Waals surface area contributed by atoms with Gasteiger partial charge >= 0.3 is 12.1 Å². The Labute approximate surface area is 191 Å². The SMILES string of the molecule is Cc1ccccc1[C@H](CNC(=O)OC(C)(C)C)[C@H]1N=C2[C@H]3CC[C@@](C)([C@@H]2OC1=O)C3(C)C. The summed E-state index contributed by atoms with van der Waals surface area (Å²) in [5, 5.41) is 2.86. The van der Waals surface area contributed by atoms with Crippen LogP contribution < -0.4 is 5.32 Å². The molecule has 1 N–H and O–H groups in total. The fourth-order valence-corrected chi connectivity index (χ4v) is 5.92. The number of hydrogen-bond acceptors (Lipinski definition) is 5. The molecule has 2 fully saturated rings. The van der Waals surface area contributed by atoms with E-state index in [0.717, 1.165) is 29.7 Å². The Bertz CT molecular complexity index is 961. The minimum absolute atomic E-state index is 0.0403. The fourth-order valence-electron chi connectivity index (χ4n) is 5.92. The third kappa shape index (κ3) is 3.61. The Balaban J connectivity index is 1.67. The molecule has 4 rings (SSSR count). The van der Waals surface area contributed by atoms with E-state index in [-0.39, 0.29) is 35.4 Å². The molecule has 6 heteroatoms. The molecule has 0 unspecified atom stereocenters. The van der Waals surface area contributed by atoms with Crippen molar-refractivity contribution in [2.45, 2.75) is 85.0 Å². The lowest BCUT2D eigenvalue weighted by Gasteiger charge is -2.40. The second kappa shape index (κ2) is 7.60. The summed E-state index contributed by atoms with van der Waals surface area (Å²) in [5.74, 6) is -0.313. The van der Waals surface area contributed by atoms with Crippen molar-refractivity contribution in [3.05, 3.63) is 35.4 Å². The highest BCUT2D eigenvalue weighted by Crippen LogP contribution is 2.65. The summed E-state index contributed by atoms with van der Waals surface area (Å²) in [6.45, 7) is 14.5. The van der Waals surface area contributed by atoms with Gasteiger partial charge < -0.3 is 14.8 Å². The smallest absolute Gasteiger partial charge is 0.407 e. The molecule has 32 heavy (non-hydrogen) atoms. The lowest BCUT2D eigenvalue weighted by molar-refractivity contribution is -0.156. The summed E-state index contributed by atoms with van der Waals surface area (Å²) in [7, 11) is 0. The normalized spacial score (nSPS) is 31.4. The van der Waals surface area contributed by atoms with Crippen molar-refractivity contribution in [2.75, 3.05) is 6.54 Å². The highest BCUT2D eigenvalue weighted by molar-refractivity contribution is 6.01. The molecule has 0 spiro atoms. The molecule has 1 amide bonds. The zero-order chi connectivity index (χ0) is 23.5. The van der Waals surface area contributed by atoms with E-state index in [0.29, 0.717) is 5.92 Å². The van der Waals surface area contributed by atoms with E-state index in [1.54, 1.807) is 0 Å². The first-order chi connectivity index (χ1) is 14.8. The molecule has 0 saturated heterocycles. The van der Waals surface area contributed by atoms with Gasteiger partial charge in [-0.1, -0.05) is 45.0 Å². The predicted octanol–water partition coefficient (Wildman–Crippen LogP) is 4.79. The number of carbonyl (C=O) groups excluding carboxylic acids is 2. The van der Waals surface area contributed by atoms with Gasteiger partial charge in [-0.3, -0.25) is 4.99 Å². The fraction of sp³-hybridized carbons (Fsp3) is 0.654. The van der Waals surface area contributed by atoms with Crippen molar-refractivity contribution in [3.8, 4) is 0 Å². The molecule has 2 aliphatic carbocycles. The van der Waals surface area contributed by atoms with Crippen LogP contribution in [0.3, 0.4) is 0 Å². The van der Waals surface area contributed by atoms with Gasteiger partial charge in [0, 0.05) is 23.8 Å². The summed E-state index contributed by atoms with van der Waals surface area (Å²) < 4.78 is 11.5. The maximum Gasteiger partial charge on any atom is 0.407 e. The minimum Gasteiger partial charge on any atom is -0.454 e. The van der Waals surface area contributed by atoms with E-state index in [1.807, 2.05) is 52.0 Å². The summed E-state index contributed by atoms with van der Waals surface area (Å²) in [6.07, 6.45) is 1.39. The van der Waals surface area contributed by atoms with Crippen LogP contribution in [0, 0.1) is 23.7 Å². The summed E-state index contributed by atoms with van der Waals surface area (Å²) in [5.41, 5.74) is 2.44. The van der Waals surface area contributed by atoms with Gasteiger partial charge in [-0.15, -0.1) is 0 Å². The van der Waals surface area contributed by atoms with Gasteiger partial charge in [0.15, 0.2) is 6.04 Å². The van der Waals surface area contributed by atoms with E-state index in [2.05, 4.69) is 26.1 Å². The van der Waals surface area contributed by atoms with Gasteiger partial charge in [-0.25, -0.2) is 9.59 Å². The van der Waals surface area contributed by atoms with Crippen molar-refractivity contribution in [1.29, 1.82) is 0 Å². The maximum atomic E-state index is 13.3. The molecule has 1 heterocycles. The number of fused-ring (bicyclic) bond motifs is 5. The Morgan fingerprint density at radius 2 is 1.97 bits per heavy atom. The van der Waals surface area contributed by atoms with E-state index >= 15 is 0 Å². The van der Waals surface area contributed by atoms with Crippen LogP contribution in [-0.4, -0.2) is 42.1 Å². The summed E-state index contributed by atoms with van der Waals surface area (Å²) in [4.78, 5) is 30.7. The number of aryl methyl sites for hydroxylation is 1. The quantitative estimate of drug-likeness (QED) is 0.683. The number of benzene rings is 1. The molecule has 1 aliphatic heterocycles. The van der Waals surface area contributed by atoms with Crippen molar-refractivity contribution >= 4 is 17.8 Å². The molecule has 6 nitrogen and oxygen atoms in total. The third-order valence-corrected chi connectivity index (χ3v) is 8.10. The number of aliphatic imine (C=N–C) groups is 1. The van der Waals surface area contributed by atoms with Gasteiger partial charge in [-0.2, -0.15) is 0 Å². The number of amides is 1. The average molecular weight is 441 g/mol. The lowest BCUT2D eigenvalue weighted by atomic mass is 9.70.